The number of pyridine rings is 1. The van der Waals surface area contributed by atoms with Crippen molar-refractivity contribution in [2.24, 2.45) is 0 Å². The molecule has 1 aliphatic rings. The zero-order valence-corrected chi connectivity index (χ0v) is 20.8. The van der Waals surface area contributed by atoms with Crippen molar-refractivity contribution >= 4 is 37.4 Å². The number of aromatic hydroxyl groups is 1. The molecule has 0 amide bonds. The molecular formula is C24H25N5O4S2. The maximum atomic E-state index is 12.9. The molecule has 1 fully saturated rings. The molecule has 4 aromatic rings. The van der Waals surface area contributed by atoms with E-state index in [9.17, 15) is 18.6 Å². The molecule has 35 heavy (non-hydrogen) atoms. The number of nitrogens with zero attached hydrogens (tertiary/aromatic N) is 3. The highest BCUT2D eigenvalue weighted by Crippen LogP contribution is 2.41. The first-order valence-corrected chi connectivity index (χ1v) is 13.4. The molecule has 5 N–H and O–H groups in total. The van der Waals surface area contributed by atoms with Gasteiger partial charge in [0.2, 0.25) is 16.0 Å². The molecule has 0 radical (unpaired) electrons. The number of aliphatic hydroxyl groups is 1. The monoisotopic (exact) mass is 511 g/mol. The first-order valence-electron chi connectivity index (χ1n) is 11.1. The fourth-order valence-corrected chi connectivity index (χ4v) is 6.72. The summed E-state index contributed by atoms with van der Waals surface area (Å²) in [6, 6.07) is 10.3. The number of nitrogens with one attached hydrogen (secondary N) is 1. The molecule has 1 aromatic carbocycles. The Labute approximate surface area is 206 Å². The van der Waals surface area contributed by atoms with Crippen LogP contribution in [0.4, 0.5) is 5.95 Å². The lowest BCUT2D eigenvalue weighted by Crippen LogP contribution is -2.32. The van der Waals surface area contributed by atoms with Gasteiger partial charge in [0, 0.05) is 21.3 Å². The maximum Gasteiger partial charge on any atom is 0.220 e. The molecule has 1 saturated carbocycles. The molecule has 9 nitrogen and oxygen atoms in total. The van der Waals surface area contributed by atoms with Gasteiger partial charge in [0.1, 0.15) is 11.7 Å². The van der Waals surface area contributed by atoms with Crippen LogP contribution in [0.1, 0.15) is 48.9 Å². The van der Waals surface area contributed by atoms with Crippen LogP contribution in [0.25, 0.3) is 21.3 Å². The lowest BCUT2D eigenvalue weighted by atomic mass is 9.97. The Morgan fingerprint density at radius 2 is 1.97 bits per heavy atom. The smallest absolute Gasteiger partial charge is 0.220 e. The van der Waals surface area contributed by atoms with Gasteiger partial charge in [-0.2, -0.15) is 0 Å². The van der Waals surface area contributed by atoms with Gasteiger partial charge < -0.3 is 15.9 Å². The van der Waals surface area contributed by atoms with E-state index in [0.29, 0.717) is 23.4 Å². The topological polar surface area (TPSA) is 151 Å². The van der Waals surface area contributed by atoms with E-state index in [1.165, 1.54) is 17.5 Å². The van der Waals surface area contributed by atoms with Gasteiger partial charge >= 0.3 is 0 Å². The summed E-state index contributed by atoms with van der Waals surface area (Å²) in [7, 11) is -3.63. The highest BCUT2D eigenvalue weighted by atomic mass is 32.2. The fraction of sp³-hybridized carbons (Fsp3) is 0.292. The standard InChI is InChI=1S/C24H25N5O4S2/c1-24(2,31)14-8-9-26-17(11-14)16-5-3-4-13-10-19(34-22(13)16)21(29-35(32,33)15-6-7-15)20-18(30)12-27-23(25)28-20/h3-5,8-12,15,21,29-31H,6-7H2,1-2H3,(H2,25,27,28)/t21-/m0/s1. The third kappa shape index (κ3) is 4.72. The zero-order chi connectivity index (χ0) is 25.0. The first kappa shape index (κ1) is 23.6. The molecule has 11 heteroatoms. The van der Waals surface area contributed by atoms with E-state index < -0.39 is 26.9 Å². The molecule has 0 spiro atoms. The summed E-state index contributed by atoms with van der Waals surface area (Å²) >= 11 is 1.38. The van der Waals surface area contributed by atoms with Crippen molar-refractivity contribution in [3.05, 3.63) is 64.9 Å². The Balaban J connectivity index is 1.65. The van der Waals surface area contributed by atoms with Crippen LogP contribution in [-0.2, 0) is 15.6 Å². The van der Waals surface area contributed by atoms with Gasteiger partial charge in [-0.1, -0.05) is 18.2 Å². The summed E-state index contributed by atoms with van der Waals surface area (Å²) in [6.45, 7) is 3.43. The van der Waals surface area contributed by atoms with E-state index in [2.05, 4.69) is 19.7 Å². The number of anilines is 1. The predicted octanol–water partition coefficient (Wildman–Crippen LogP) is 3.44. The number of thiophene rings is 1. The Bertz CT molecular complexity index is 1520. The maximum absolute atomic E-state index is 12.9. The van der Waals surface area contributed by atoms with Crippen molar-refractivity contribution in [2.75, 3.05) is 5.73 Å². The fourth-order valence-electron chi connectivity index (χ4n) is 3.89. The molecule has 1 aliphatic carbocycles. The van der Waals surface area contributed by atoms with Crippen LogP contribution in [0.3, 0.4) is 0 Å². The second-order valence-electron chi connectivity index (χ2n) is 9.16. The Kier molecular flexibility index (Phi) is 5.75. The molecular weight excluding hydrogens is 486 g/mol. The Morgan fingerprint density at radius 3 is 2.69 bits per heavy atom. The quantitative estimate of drug-likeness (QED) is 0.294. The minimum Gasteiger partial charge on any atom is -0.504 e. The van der Waals surface area contributed by atoms with Crippen molar-refractivity contribution in [3.63, 3.8) is 0 Å². The van der Waals surface area contributed by atoms with Gasteiger partial charge in [0.05, 0.1) is 22.7 Å². The largest absolute Gasteiger partial charge is 0.504 e. The van der Waals surface area contributed by atoms with Crippen LogP contribution in [0.2, 0.25) is 0 Å². The number of hydrogen-bond acceptors (Lipinski definition) is 9. The third-order valence-electron chi connectivity index (χ3n) is 5.93. The van der Waals surface area contributed by atoms with Crippen LogP contribution in [0, 0.1) is 0 Å². The summed E-state index contributed by atoms with van der Waals surface area (Å²) in [5, 5.41) is 21.4. The normalized spacial score (nSPS) is 15.4. The summed E-state index contributed by atoms with van der Waals surface area (Å²) in [6.07, 6.45) is 4.02. The number of sulfonamides is 1. The van der Waals surface area contributed by atoms with E-state index in [1.807, 2.05) is 30.3 Å². The van der Waals surface area contributed by atoms with Crippen molar-refractivity contribution in [2.45, 2.75) is 43.6 Å². The number of aromatic nitrogens is 3. The van der Waals surface area contributed by atoms with E-state index in [4.69, 9.17) is 5.73 Å². The van der Waals surface area contributed by atoms with Crippen LogP contribution in [0.15, 0.2) is 48.8 Å². The number of benzene rings is 1. The van der Waals surface area contributed by atoms with E-state index in [-0.39, 0.29) is 17.4 Å². The highest BCUT2D eigenvalue weighted by molar-refractivity contribution is 7.90. The van der Waals surface area contributed by atoms with E-state index in [1.54, 1.807) is 26.1 Å². The highest BCUT2D eigenvalue weighted by Gasteiger charge is 2.39. The van der Waals surface area contributed by atoms with Crippen molar-refractivity contribution in [3.8, 4) is 17.0 Å². The lowest BCUT2D eigenvalue weighted by molar-refractivity contribution is 0.0785. The third-order valence-corrected chi connectivity index (χ3v) is 9.09. The van der Waals surface area contributed by atoms with E-state index >= 15 is 0 Å². The van der Waals surface area contributed by atoms with E-state index in [0.717, 1.165) is 21.2 Å². The molecule has 0 saturated heterocycles. The molecule has 0 unspecified atom stereocenters. The number of fused-ring (bicyclic) bond motifs is 1. The molecule has 3 aromatic heterocycles. The summed E-state index contributed by atoms with van der Waals surface area (Å²) in [4.78, 5) is 13.1. The summed E-state index contributed by atoms with van der Waals surface area (Å²) < 4.78 is 29.4. The first-order chi connectivity index (χ1) is 16.5. The van der Waals surface area contributed by atoms with Gasteiger partial charge in [-0.25, -0.2) is 23.1 Å². The number of rotatable bonds is 7. The SMILES string of the molecule is CC(C)(O)c1ccnc(-c2cccc3cc([C@H](NS(=O)(=O)C4CC4)c4nc(N)ncc4O)sc23)c1. The number of hydrogen-bond donors (Lipinski definition) is 4. The van der Waals surface area contributed by atoms with Crippen molar-refractivity contribution in [1.82, 2.24) is 19.7 Å². The second kappa shape index (κ2) is 8.52. The zero-order valence-electron chi connectivity index (χ0n) is 19.1. The summed E-state index contributed by atoms with van der Waals surface area (Å²) in [5.74, 6) is -0.317. The van der Waals surface area contributed by atoms with Crippen molar-refractivity contribution in [1.29, 1.82) is 0 Å². The number of nitrogens with two attached hydrogens (primary N) is 1. The van der Waals surface area contributed by atoms with Crippen LogP contribution in [-0.4, -0.2) is 38.8 Å². The molecule has 1 atom stereocenters. The Morgan fingerprint density at radius 1 is 1.20 bits per heavy atom. The average molecular weight is 512 g/mol. The van der Waals surface area contributed by atoms with Crippen LogP contribution >= 0.6 is 11.3 Å². The van der Waals surface area contributed by atoms with Gasteiger partial charge in [-0.3, -0.25) is 4.98 Å². The van der Waals surface area contributed by atoms with Crippen molar-refractivity contribution < 1.29 is 18.6 Å². The van der Waals surface area contributed by atoms with Gasteiger partial charge in [-0.15, -0.1) is 11.3 Å². The molecule has 182 valence electrons. The van der Waals surface area contributed by atoms with Gasteiger partial charge in [0.25, 0.3) is 0 Å². The Hall–Kier alpha value is -3.12. The minimum atomic E-state index is -3.63. The van der Waals surface area contributed by atoms with Crippen LogP contribution < -0.4 is 10.5 Å². The van der Waals surface area contributed by atoms with Crippen LogP contribution in [0.5, 0.6) is 5.75 Å². The number of nitrogen functional groups attached to an aromatic ring is 1. The molecule has 3 heterocycles. The average Bonchev–Trinajstić information content (AvgIpc) is 3.58. The van der Waals surface area contributed by atoms with Gasteiger partial charge in [0.15, 0.2) is 5.75 Å². The summed E-state index contributed by atoms with van der Waals surface area (Å²) in [5.41, 5.74) is 7.10. The van der Waals surface area contributed by atoms with Gasteiger partial charge in [-0.05, 0) is 55.8 Å². The molecule has 0 aliphatic heterocycles. The molecule has 5 rings (SSSR count). The minimum absolute atomic E-state index is 0.0668. The molecule has 0 bridgehead atoms. The second-order valence-corrected chi connectivity index (χ2v) is 12.2. The predicted molar refractivity (Wildman–Crippen MR) is 135 cm³/mol. The lowest BCUT2D eigenvalue weighted by Gasteiger charge is -2.18.